The van der Waals surface area contributed by atoms with Gasteiger partial charge in [-0.3, -0.25) is 0 Å². The lowest BCUT2D eigenvalue weighted by atomic mass is 10.1. The Balaban J connectivity index is 0.000000252. The molecule has 224 valence electrons. The van der Waals surface area contributed by atoms with E-state index >= 15 is 0 Å². The summed E-state index contributed by atoms with van der Waals surface area (Å²) in [6, 6.07) is 41.1. The van der Waals surface area contributed by atoms with Crippen LogP contribution in [0.1, 0.15) is 0 Å². The SMILES string of the molecule is O=S(=O)([O-])C(F)(F)C(F)(F)C(F)(F)C(F)(F)F.c1ccc(-c2ccccc2[S+](c2ccccc2)c2ccccc2)cc1. The van der Waals surface area contributed by atoms with Gasteiger partial charge in [0.2, 0.25) is 0 Å². The van der Waals surface area contributed by atoms with Gasteiger partial charge in [0.15, 0.2) is 24.8 Å². The standard InChI is InChI=1S/C24H19S.C4HF9O3S/c1-4-12-20(13-5-1)23-18-10-11-19-24(23)25(21-14-6-2-7-15-21)22-16-8-3-9-17-22;5-1(6,3(9,10)11)2(7,8)4(12,13)17(14,15)16/h1-19H;(H,14,15,16)/q+1;/p-1. The largest absolute Gasteiger partial charge is 0.743 e. The maximum absolute atomic E-state index is 12.2. The zero-order valence-electron chi connectivity index (χ0n) is 20.9. The Bertz CT molecular complexity index is 1530. The molecule has 0 saturated carbocycles. The Morgan fingerprint density at radius 1 is 0.524 bits per heavy atom. The average Bonchev–Trinajstić information content (AvgIpc) is 2.94. The van der Waals surface area contributed by atoms with E-state index in [4.69, 9.17) is 0 Å². The zero-order chi connectivity index (χ0) is 31.4. The van der Waals surface area contributed by atoms with Gasteiger partial charge in [-0.2, -0.15) is 39.5 Å². The van der Waals surface area contributed by atoms with Crippen molar-refractivity contribution in [3.05, 3.63) is 115 Å². The highest BCUT2D eigenvalue weighted by atomic mass is 32.2. The molecule has 0 fully saturated rings. The second-order valence-electron chi connectivity index (χ2n) is 8.41. The Morgan fingerprint density at radius 2 is 0.905 bits per heavy atom. The van der Waals surface area contributed by atoms with E-state index in [-0.39, 0.29) is 10.9 Å². The first-order chi connectivity index (χ1) is 19.4. The molecule has 0 bridgehead atoms. The van der Waals surface area contributed by atoms with Crippen molar-refractivity contribution >= 4 is 21.0 Å². The van der Waals surface area contributed by atoms with E-state index in [9.17, 15) is 52.5 Å². The van der Waals surface area contributed by atoms with Crippen LogP contribution in [0.4, 0.5) is 39.5 Å². The number of halogens is 9. The van der Waals surface area contributed by atoms with Gasteiger partial charge < -0.3 is 4.55 Å². The van der Waals surface area contributed by atoms with E-state index in [1.54, 1.807) is 0 Å². The monoisotopic (exact) mass is 638 g/mol. The third-order valence-electron chi connectivity index (χ3n) is 5.58. The summed E-state index contributed by atoms with van der Waals surface area (Å²) in [5, 5.41) is -7.11. The van der Waals surface area contributed by atoms with Crippen molar-refractivity contribution < 1.29 is 52.5 Å². The molecule has 4 aromatic rings. The lowest BCUT2D eigenvalue weighted by molar-refractivity contribution is -0.382. The van der Waals surface area contributed by atoms with Gasteiger partial charge in [-0.1, -0.05) is 78.9 Å². The van der Waals surface area contributed by atoms with Crippen LogP contribution in [0.3, 0.4) is 0 Å². The molecule has 14 heteroatoms. The minimum Gasteiger partial charge on any atom is -0.743 e. The van der Waals surface area contributed by atoms with E-state index in [2.05, 4.69) is 115 Å². The van der Waals surface area contributed by atoms with Crippen molar-refractivity contribution in [2.75, 3.05) is 0 Å². The topological polar surface area (TPSA) is 57.2 Å². The van der Waals surface area contributed by atoms with Gasteiger partial charge in [0, 0.05) is 5.56 Å². The highest BCUT2D eigenvalue weighted by Gasteiger charge is 2.83. The molecule has 0 amide bonds. The smallest absolute Gasteiger partial charge is 0.460 e. The molecular weight excluding hydrogens is 619 g/mol. The molecule has 0 N–H and O–H groups in total. The van der Waals surface area contributed by atoms with E-state index in [1.165, 1.54) is 25.8 Å². The first-order valence-electron chi connectivity index (χ1n) is 11.6. The van der Waals surface area contributed by atoms with Crippen molar-refractivity contribution in [1.82, 2.24) is 0 Å². The minimum atomic E-state index is -7.43. The number of hydrogen-bond donors (Lipinski definition) is 0. The number of hydrogen-bond acceptors (Lipinski definition) is 3. The van der Waals surface area contributed by atoms with Crippen molar-refractivity contribution in [2.45, 2.75) is 38.0 Å². The molecule has 0 aliphatic carbocycles. The van der Waals surface area contributed by atoms with Crippen LogP contribution in [-0.4, -0.2) is 36.2 Å². The molecule has 0 aliphatic rings. The maximum Gasteiger partial charge on any atom is 0.460 e. The van der Waals surface area contributed by atoms with Gasteiger partial charge in [0.05, 0.1) is 10.9 Å². The lowest BCUT2D eigenvalue weighted by Gasteiger charge is -2.34. The molecule has 4 rings (SSSR count). The quantitative estimate of drug-likeness (QED) is 0.116. The van der Waals surface area contributed by atoms with Crippen molar-refractivity contribution in [3.8, 4) is 11.1 Å². The predicted octanol–water partition coefficient (Wildman–Crippen LogP) is 8.41. The molecule has 0 aliphatic heterocycles. The van der Waals surface area contributed by atoms with Crippen LogP contribution >= 0.6 is 0 Å². The van der Waals surface area contributed by atoms with E-state index in [0.717, 1.165) is 0 Å². The molecular formula is C28H19F9O3S2. The summed E-state index contributed by atoms with van der Waals surface area (Å²) in [5.74, 6) is -14.8. The van der Waals surface area contributed by atoms with Gasteiger partial charge in [-0.15, -0.1) is 0 Å². The minimum absolute atomic E-state index is 0.127. The second kappa shape index (κ2) is 12.4. The molecule has 0 unspecified atom stereocenters. The van der Waals surface area contributed by atoms with Crippen molar-refractivity contribution in [2.24, 2.45) is 0 Å². The molecule has 0 saturated heterocycles. The summed E-state index contributed by atoms with van der Waals surface area (Å²) in [4.78, 5) is 4.06. The highest BCUT2D eigenvalue weighted by molar-refractivity contribution is 7.97. The fourth-order valence-electron chi connectivity index (χ4n) is 3.52. The fourth-order valence-corrected chi connectivity index (χ4v) is 6.22. The third kappa shape index (κ3) is 6.60. The summed E-state index contributed by atoms with van der Waals surface area (Å²) >= 11 is 0. The van der Waals surface area contributed by atoms with Crippen LogP contribution in [0, 0.1) is 0 Å². The number of rotatable bonds is 7. The van der Waals surface area contributed by atoms with E-state index in [0.29, 0.717) is 0 Å². The first-order valence-corrected chi connectivity index (χ1v) is 14.2. The van der Waals surface area contributed by atoms with Crippen LogP contribution in [-0.2, 0) is 21.0 Å². The molecule has 0 radical (unpaired) electrons. The van der Waals surface area contributed by atoms with Crippen LogP contribution < -0.4 is 0 Å². The summed E-state index contributed by atoms with van der Waals surface area (Å²) in [5.41, 5.74) is 2.57. The average molecular weight is 639 g/mol. The molecule has 0 heterocycles. The predicted molar refractivity (Wildman–Crippen MR) is 138 cm³/mol. The third-order valence-corrected chi connectivity index (χ3v) is 8.75. The van der Waals surface area contributed by atoms with Crippen molar-refractivity contribution in [1.29, 1.82) is 0 Å². The number of benzene rings is 4. The van der Waals surface area contributed by atoms with Gasteiger partial charge >= 0.3 is 23.3 Å². The van der Waals surface area contributed by atoms with Gasteiger partial charge in [-0.05, 0) is 42.0 Å². The molecule has 42 heavy (non-hydrogen) atoms. The normalized spacial score (nSPS) is 12.9. The molecule has 0 spiro atoms. The highest BCUT2D eigenvalue weighted by Crippen LogP contribution is 2.54. The summed E-state index contributed by atoms with van der Waals surface area (Å²) in [6.07, 6.45) is -7.16. The molecule has 0 aromatic heterocycles. The van der Waals surface area contributed by atoms with Crippen molar-refractivity contribution in [3.63, 3.8) is 0 Å². The van der Waals surface area contributed by atoms with E-state index < -0.39 is 33.4 Å². The molecule has 4 aromatic carbocycles. The fraction of sp³-hybridized carbons (Fsp3) is 0.143. The Morgan fingerprint density at radius 3 is 1.31 bits per heavy atom. The Hall–Kier alpha value is -3.49. The lowest BCUT2D eigenvalue weighted by Crippen LogP contribution is -2.63. The van der Waals surface area contributed by atoms with Crippen LogP contribution in [0.25, 0.3) is 11.1 Å². The summed E-state index contributed by atoms with van der Waals surface area (Å²) in [7, 11) is -7.54. The second-order valence-corrected chi connectivity index (χ2v) is 11.8. The number of alkyl halides is 9. The van der Waals surface area contributed by atoms with Crippen LogP contribution in [0.2, 0.25) is 0 Å². The summed E-state index contributed by atoms with van der Waals surface area (Å²) < 4.78 is 135. The molecule has 3 nitrogen and oxygen atoms in total. The van der Waals surface area contributed by atoms with Gasteiger partial charge in [0.1, 0.15) is 0 Å². The zero-order valence-corrected chi connectivity index (χ0v) is 22.5. The van der Waals surface area contributed by atoms with E-state index in [1.807, 2.05) is 0 Å². The molecule has 0 atom stereocenters. The van der Waals surface area contributed by atoms with Crippen LogP contribution in [0.15, 0.2) is 130 Å². The first kappa shape index (κ1) is 33.0. The Labute approximate surface area is 237 Å². The van der Waals surface area contributed by atoms with Gasteiger partial charge in [-0.25, -0.2) is 8.42 Å². The Kier molecular flexibility index (Phi) is 9.74. The maximum atomic E-state index is 12.2. The summed E-state index contributed by atoms with van der Waals surface area (Å²) in [6.45, 7) is 0. The van der Waals surface area contributed by atoms with Crippen LogP contribution in [0.5, 0.6) is 0 Å². The van der Waals surface area contributed by atoms with Gasteiger partial charge in [0.25, 0.3) is 0 Å².